The minimum Gasteiger partial charge on any atom is -0.353 e. The average Bonchev–Trinajstić information content (AvgIpc) is 3.56. The number of aromatic amines is 1. The number of amides is 1. The van der Waals surface area contributed by atoms with Crippen molar-refractivity contribution in [2.45, 2.75) is 25.9 Å². The first kappa shape index (κ1) is 17.4. The van der Waals surface area contributed by atoms with Crippen molar-refractivity contribution < 1.29 is 4.79 Å². The van der Waals surface area contributed by atoms with Crippen LogP contribution in [-0.2, 0) is 13.1 Å². The van der Waals surface area contributed by atoms with E-state index in [0.717, 1.165) is 46.0 Å². The van der Waals surface area contributed by atoms with Gasteiger partial charge in [0, 0.05) is 52.2 Å². The number of hydrogen-bond acceptors (Lipinski definition) is 2. The molecule has 0 unspecified atom stereocenters. The lowest BCUT2D eigenvalue weighted by Gasteiger charge is -2.16. The van der Waals surface area contributed by atoms with Crippen molar-refractivity contribution in [1.82, 2.24) is 19.8 Å². The molecule has 7 rings (SSSR count). The Morgan fingerprint density at radius 2 is 1.65 bits per heavy atom. The molecule has 0 atom stereocenters. The van der Waals surface area contributed by atoms with E-state index in [1.807, 2.05) is 0 Å². The highest BCUT2D eigenvalue weighted by Gasteiger charge is 2.30. The van der Waals surface area contributed by atoms with Crippen LogP contribution in [0, 0.1) is 0 Å². The summed E-state index contributed by atoms with van der Waals surface area (Å²) in [7, 11) is 0. The Bertz CT molecular complexity index is 1520. The zero-order chi connectivity index (χ0) is 20.5. The number of hydrogen-bond donors (Lipinski definition) is 2. The Morgan fingerprint density at radius 3 is 2.52 bits per heavy atom. The quantitative estimate of drug-likeness (QED) is 0.452. The molecular formula is C26H24N4O. The van der Waals surface area contributed by atoms with Gasteiger partial charge in [-0.15, -0.1) is 0 Å². The standard InChI is InChI=1S/C26H24N4O/c31-26-23-18(15-27-26)21-17-8-2-4-10-20(17)30(14-13-29-11-5-6-12-29)25(21)24-22(23)16-7-1-3-9-19(16)28-24/h1-4,7-10,28H,5-6,11-15H2,(H,27,31). The van der Waals surface area contributed by atoms with E-state index >= 15 is 0 Å². The molecule has 1 fully saturated rings. The molecule has 0 spiro atoms. The van der Waals surface area contributed by atoms with Gasteiger partial charge >= 0.3 is 0 Å². The molecule has 2 aliphatic heterocycles. The smallest absolute Gasteiger partial charge is 0.252 e. The maximum Gasteiger partial charge on any atom is 0.252 e. The summed E-state index contributed by atoms with van der Waals surface area (Å²) in [6.07, 6.45) is 2.61. The molecule has 5 nitrogen and oxygen atoms in total. The van der Waals surface area contributed by atoms with Gasteiger partial charge in [0.05, 0.1) is 16.6 Å². The molecular weight excluding hydrogens is 384 g/mol. The van der Waals surface area contributed by atoms with Gasteiger partial charge in [-0.1, -0.05) is 36.4 Å². The maximum atomic E-state index is 13.0. The average molecular weight is 409 g/mol. The second-order valence-electron chi connectivity index (χ2n) is 8.90. The number of carbonyl (C=O) groups excluding carboxylic acids is 1. The number of para-hydroxylation sites is 2. The van der Waals surface area contributed by atoms with Crippen molar-refractivity contribution in [2.75, 3.05) is 19.6 Å². The Labute approximate surface area is 179 Å². The SMILES string of the molecule is O=C1NCc2c1c1c3ccccc3[nH]c1c1c2c2ccccc2n1CCN1CCCC1. The van der Waals surface area contributed by atoms with Crippen LogP contribution in [0.1, 0.15) is 28.8 Å². The van der Waals surface area contributed by atoms with Crippen molar-refractivity contribution >= 4 is 49.5 Å². The molecule has 1 saturated heterocycles. The number of nitrogens with zero attached hydrogens (tertiary/aromatic N) is 2. The number of aromatic nitrogens is 2. The van der Waals surface area contributed by atoms with E-state index in [0.29, 0.717) is 6.54 Å². The van der Waals surface area contributed by atoms with E-state index in [9.17, 15) is 4.79 Å². The first-order valence-corrected chi connectivity index (χ1v) is 11.3. The van der Waals surface area contributed by atoms with E-state index in [2.05, 4.69) is 68.3 Å². The summed E-state index contributed by atoms with van der Waals surface area (Å²) in [5.41, 5.74) is 6.66. The largest absolute Gasteiger partial charge is 0.353 e. The summed E-state index contributed by atoms with van der Waals surface area (Å²) in [5.74, 6) is 0.0422. The third-order valence-corrected chi connectivity index (χ3v) is 7.26. The van der Waals surface area contributed by atoms with Gasteiger partial charge in [0.2, 0.25) is 0 Å². The molecule has 2 N–H and O–H groups in total. The predicted octanol–water partition coefficient (Wildman–Crippen LogP) is 4.77. The maximum absolute atomic E-state index is 13.0. The van der Waals surface area contributed by atoms with Crippen LogP contribution >= 0.6 is 0 Å². The summed E-state index contributed by atoms with van der Waals surface area (Å²) >= 11 is 0. The van der Waals surface area contributed by atoms with Gasteiger partial charge in [-0.05, 0) is 43.6 Å². The monoisotopic (exact) mass is 408 g/mol. The molecule has 0 radical (unpaired) electrons. The van der Waals surface area contributed by atoms with Crippen LogP contribution < -0.4 is 5.32 Å². The highest BCUT2D eigenvalue weighted by molar-refractivity contribution is 6.30. The number of likely N-dealkylation sites (tertiary alicyclic amines) is 1. The highest BCUT2D eigenvalue weighted by Crippen LogP contribution is 2.43. The number of H-pyrrole nitrogens is 1. The number of fused-ring (bicyclic) bond motifs is 10. The van der Waals surface area contributed by atoms with E-state index < -0.39 is 0 Å². The molecule has 0 bridgehead atoms. The van der Waals surface area contributed by atoms with Gasteiger partial charge in [-0.3, -0.25) is 4.79 Å². The predicted molar refractivity (Wildman–Crippen MR) is 126 cm³/mol. The van der Waals surface area contributed by atoms with Gasteiger partial charge in [-0.25, -0.2) is 0 Å². The minimum absolute atomic E-state index is 0.0422. The van der Waals surface area contributed by atoms with Crippen LogP contribution in [-0.4, -0.2) is 40.0 Å². The number of carbonyl (C=O) groups is 1. The second kappa shape index (κ2) is 6.34. The van der Waals surface area contributed by atoms with Crippen LogP contribution in [0.25, 0.3) is 43.6 Å². The van der Waals surface area contributed by atoms with Gasteiger partial charge in [0.15, 0.2) is 0 Å². The van der Waals surface area contributed by atoms with Crippen LogP contribution in [0.4, 0.5) is 0 Å². The molecule has 5 aromatic rings. The summed E-state index contributed by atoms with van der Waals surface area (Å²) in [6, 6.07) is 17.0. The van der Waals surface area contributed by atoms with E-state index in [-0.39, 0.29) is 5.91 Å². The normalized spacial score (nSPS) is 16.8. The molecule has 4 heterocycles. The Morgan fingerprint density at radius 1 is 0.871 bits per heavy atom. The topological polar surface area (TPSA) is 53.1 Å². The number of nitrogens with one attached hydrogen (secondary N) is 2. The third-order valence-electron chi connectivity index (χ3n) is 7.26. The molecule has 1 amide bonds. The highest BCUT2D eigenvalue weighted by atomic mass is 16.1. The van der Waals surface area contributed by atoms with Crippen molar-refractivity contribution in [3.8, 4) is 0 Å². The van der Waals surface area contributed by atoms with E-state index in [1.54, 1.807) is 0 Å². The van der Waals surface area contributed by atoms with Crippen LogP contribution in [0.15, 0.2) is 48.5 Å². The van der Waals surface area contributed by atoms with Crippen LogP contribution in [0.3, 0.4) is 0 Å². The second-order valence-corrected chi connectivity index (χ2v) is 8.90. The molecule has 0 saturated carbocycles. The fourth-order valence-electron chi connectivity index (χ4n) is 5.89. The first-order valence-electron chi connectivity index (χ1n) is 11.3. The lowest BCUT2D eigenvalue weighted by Crippen LogP contribution is -2.24. The Hall–Kier alpha value is -3.31. The summed E-state index contributed by atoms with van der Waals surface area (Å²) in [5, 5.41) is 7.77. The Kier molecular flexibility index (Phi) is 3.56. The summed E-state index contributed by atoms with van der Waals surface area (Å²) in [6.45, 7) is 5.01. The molecule has 154 valence electrons. The van der Waals surface area contributed by atoms with Gasteiger partial charge < -0.3 is 19.8 Å². The summed E-state index contributed by atoms with van der Waals surface area (Å²) < 4.78 is 2.49. The van der Waals surface area contributed by atoms with E-state index in [1.165, 1.54) is 47.7 Å². The van der Waals surface area contributed by atoms with Crippen molar-refractivity contribution in [1.29, 1.82) is 0 Å². The van der Waals surface area contributed by atoms with Crippen LogP contribution in [0.2, 0.25) is 0 Å². The zero-order valence-electron chi connectivity index (χ0n) is 17.4. The molecule has 5 heteroatoms. The lowest BCUT2D eigenvalue weighted by atomic mass is 9.97. The van der Waals surface area contributed by atoms with Crippen molar-refractivity contribution in [3.63, 3.8) is 0 Å². The fourth-order valence-corrected chi connectivity index (χ4v) is 5.89. The number of benzene rings is 3. The molecule has 0 aliphatic carbocycles. The third kappa shape index (κ3) is 2.32. The number of rotatable bonds is 3. The molecule has 31 heavy (non-hydrogen) atoms. The van der Waals surface area contributed by atoms with E-state index in [4.69, 9.17) is 0 Å². The van der Waals surface area contributed by atoms with Crippen LogP contribution in [0.5, 0.6) is 0 Å². The Balaban J connectivity index is 1.63. The minimum atomic E-state index is 0.0422. The fraction of sp³-hybridized carbons (Fsp3) is 0.269. The van der Waals surface area contributed by atoms with Gasteiger partial charge in [-0.2, -0.15) is 0 Å². The molecule has 2 aromatic heterocycles. The molecule has 3 aromatic carbocycles. The van der Waals surface area contributed by atoms with Gasteiger partial charge in [0.25, 0.3) is 5.91 Å². The zero-order valence-corrected chi connectivity index (χ0v) is 17.4. The van der Waals surface area contributed by atoms with Gasteiger partial charge in [0.1, 0.15) is 0 Å². The van der Waals surface area contributed by atoms with Crippen molar-refractivity contribution in [2.24, 2.45) is 0 Å². The first-order chi connectivity index (χ1) is 15.3. The van der Waals surface area contributed by atoms with Crippen molar-refractivity contribution in [3.05, 3.63) is 59.7 Å². The summed E-state index contributed by atoms with van der Waals surface area (Å²) in [4.78, 5) is 19.2. The lowest BCUT2D eigenvalue weighted by molar-refractivity contribution is 0.0967. The molecule has 2 aliphatic rings.